The van der Waals surface area contributed by atoms with Gasteiger partial charge in [-0.2, -0.15) is 5.21 Å². The van der Waals surface area contributed by atoms with Crippen LogP contribution in [-0.2, 0) is 19.4 Å². The van der Waals surface area contributed by atoms with Crippen molar-refractivity contribution in [3.8, 4) is 22.5 Å². The predicted octanol–water partition coefficient (Wildman–Crippen LogP) is 4.47. The zero-order valence-electron chi connectivity index (χ0n) is 18.1. The van der Waals surface area contributed by atoms with Crippen LogP contribution in [0, 0.1) is 0 Å². The molecule has 32 heavy (non-hydrogen) atoms. The average Bonchev–Trinajstić information content (AvgIpc) is 3.44. The van der Waals surface area contributed by atoms with Crippen LogP contribution in [0.25, 0.3) is 22.5 Å². The first-order valence-corrected chi connectivity index (χ1v) is 10.5. The van der Waals surface area contributed by atoms with Gasteiger partial charge in [-0.05, 0) is 34.9 Å². The van der Waals surface area contributed by atoms with Crippen LogP contribution in [0.2, 0.25) is 0 Å². The van der Waals surface area contributed by atoms with Crippen LogP contribution in [0.3, 0.4) is 0 Å². The molecule has 7 nitrogen and oxygen atoms in total. The van der Waals surface area contributed by atoms with E-state index in [1.54, 1.807) is 0 Å². The minimum absolute atomic E-state index is 0. The van der Waals surface area contributed by atoms with E-state index >= 15 is 0 Å². The largest absolute Gasteiger partial charge is 0.330 e. The third-order valence-corrected chi connectivity index (χ3v) is 5.19. The standard InChI is InChI=1S/C23H27N7.2ClH/c1-2-3-8-22-25-19(13-14-24)16-30(22)15-17-9-11-18(12-10-17)20-6-4-5-7-21(20)23-26-28-29-27-23;;/h4-7,9-12,16H,2-3,8,13-15,24H2,1H3,(H,26,27,28,29);2*1H. The fraction of sp³-hybridized carbons (Fsp3) is 0.304. The molecule has 2 aromatic heterocycles. The summed E-state index contributed by atoms with van der Waals surface area (Å²) in [6.45, 7) is 3.64. The fourth-order valence-electron chi connectivity index (χ4n) is 3.65. The molecule has 0 radical (unpaired) electrons. The van der Waals surface area contributed by atoms with Gasteiger partial charge in [0.05, 0.1) is 5.69 Å². The van der Waals surface area contributed by atoms with E-state index in [4.69, 9.17) is 10.7 Å². The minimum Gasteiger partial charge on any atom is -0.330 e. The summed E-state index contributed by atoms with van der Waals surface area (Å²) in [5, 5.41) is 14.5. The minimum atomic E-state index is 0. The first-order valence-electron chi connectivity index (χ1n) is 10.5. The molecule has 9 heteroatoms. The van der Waals surface area contributed by atoms with Crippen LogP contribution in [0.15, 0.2) is 54.7 Å². The number of tetrazole rings is 1. The van der Waals surface area contributed by atoms with Crippen LogP contribution >= 0.6 is 24.8 Å². The second-order valence-corrected chi connectivity index (χ2v) is 7.40. The van der Waals surface area contributed by atoms with Crippen LogP contribution in [0.5, 0.6) is 0 Å². The van der Waals surface area contributed by atoms with Gasteiger partial charge in [0.15, 0.2) is 0 Å². The van der Waals surface area contributed by atoms with E-state index in [1.165, 1.54) is 5.56 Å². The highest BCUT2D eigenvalue weighted by molar-refractivity contribution is 5.85. The lowest BCUT2D eigenvalue weighted by Crippen LogP contribution is -2.04. The predicted molar refractivity (Wildman–Crippen MR) is 132 cm³/mol. The quantitative estimate of drug-likeness (QED) is 0.373. The molecule has 0 aliphatic rings. The molecule has 0 spiro atoms. The van der Waals surface area contributed by atoms with E-state index in [1.807, 2.05) is 18.2 Å². The number of rotatable bonds is 9. The summed E-state index contributed by atoms with van der Waals surface area (Å²) in [6.07, 6.45) is 6.27. The Kier molecular flexibility index (Phi) is 9.84. The smallest absolute Gasteiger partial charge is 0.205 e. The SMILES string of the molecule is CCCCc1nc(CCN)cn1Cc1ccc(-c2ccccc2-c2nn[nH]n2)cc1.Cl.Cl. The number of H-pyrrole nitrogens is 1. The Morgan fingerprint density at radius 3 is 2.38 bits per heavy atom. The maximum Gasteiger partial charge on any atom is 0.205 e. The first kappa shape index (κ1) is 25.5. The third kappa shape index (κ3) is 5.94. The van der Waals surface area contributed by atoms with E-state index in [2.05, 4.69) is 68.6 Å². The number of aromatic nitrogens is 6. The van der Waals surface area contributed by atoms with Crippen LogP contribution in [0.1, 0.15) is 36.8 Å². The van der Waals surface area contributed by atoms with E-state index in [-0.39, 0.29) is 24.8 Å². The number of benzene rings is 2. The summed E-state index contributed by atoms with van der Waals surface area (Å²) < 4.78 is 2.27. The highest BCUT2D eigenvalue weighted by atomic mass is 35.5. The van der Waals surface area contributed by atoms with E-state index in [9.17, 15) is 0 Å². The van der Waals surface area contributed by atoms with Gasteiger partial charge in [-0.3, -0.25) is 0 Å². The zero-order valence-corrected chi connectivity index (χ0v) is 19.7. The molecule has 0 aliphatic heterocycles. The zero-order chi connectivity index (χ0) is 20.8. The number of hydrogen-bond acceptors (Lipinski definition) is 5. The lowest BCUT2D eigenvalue weighted by atomic mass is 9.98. The molecule has 2 aromatic carbocycles. The van der Waals surface area contributed by atoms with Crippen molar-refractivity contribution < 1.29 is 0 Å². The first-order chi connectivity index (χ1) is 14.8. The van der Waals surface area contributed by atoms with Crippen molar-refractivity contribution in [1.29, 1.82) is 0 Å². The van der Waals surface area contributed by atoms with Gasteiger partial charge in [0.25, 0.3) is 0 Å². The monoisotopic (exact) mass is 473 g/mol. The highest BCUT2D eigenvalue weighted by Crippen LogP contribution is 2.29. The van der Waals surface area contributed by atoms with E-state index < -0.39 is 0 Å². The Morgan fingerprint density at radius 1 is 0.969 bits per heavy atom. The van der Waals surface area contributed by atoms with Gasteiger partial charge in [0.2, 0.25) is 5.82 Å². The fourth-order valence-corrected chi connectivity index (χ4v) is 3.65. The molecule has 0 saturated carbocycles. The Hall–Kier alpha value is -2.74. The summed E-state index contributed by atoms with van der Waals surface area (Å²) in [5.41, 5.74) is 11.2. The Balaban J connectivity index is 0.00000181. The van der Waals surface area contributed by atoms with Crippen molar-refractivity contribution >= 4 is 24.8 Å². The second kappa shape index (κ2) is 12.3. The molecule has 0 amide bonds. The number of halogens is 2. The lowest BCUT2D eigenvalue weighted by Gasteiger charge is -2.10. The molecular weight excluding hydrogens is 445 g/mol. The molecule has 170 valence electrons. The van der Waals surface area contributed by atoms with Crippen LogP contribution in [0.4, 0.5) is 0 Å². The van der Waals surface area contributed by atoms with Gasteiger partial charge in [0.1, 0.15) is 5.82 Å². The Bertz CT molecular complexity index is 1080. The number of nitrogens with one attached hydrogen (secondary N) is 1. The average molecular weight is 474 g/mol. The highest BCUT2D eigenvalue weighted by Gasteiger charge is 2.11. The van der Waals surface area contributed by atoms with E-state index in [0.717, 1.165) is 60.4 Å². The van der Waals surface area contributed by atoms with Crippen LogP contribution < -0.4 is 5.73 Å². The molecule has 0 fully saturated rings. The van der Waals surface area contributed by atoms with E-state index in [0.29, 0.717) is 12.4 Å². The second-order valence-electron chi connectivity index (χ2n) is 7.40. The molecule has 4 rings (SSSR count). The van der Waals surface area contributed by atoms with Gasteiger partial charge in [-0.15, -0.1) is 35.0 Å². The Morgan fingerprint density at radius 2 is 1.72 bits per heavy atom. The van der Waals surface area contributed by atoms with Crippen LogP contribution in [-0.4, -0.2) is 36.7 Å². The number of hydrogen-bond donors (Lipinski definition) is 2. The maximum atomic E-state index is 5.73. The van der Waals surface area contributed by atoms with Crippen molar-refractivity contribution in [2.24, 2.45) is 5.73 Å². The molecule has 4 aromatic rings. The van der Waals surface area contributed by atoms with Crippen molar-refractivity contribution in [1.82, 2.24) is 30.2 Å². The molecule has 0 saturated heterocycles. The molecular formula is C23H29Cl2N7. The summed E-state index contributed by atoms with van der Waals surface area (Å²) >= 11 is 0. The number of imidazole rings is 1. The number of aryl methyl sites for hydroxylation is 1. The number of nitrogens with zero attached hydrogens (tertiary/aromatic N) is 5. The Labute approximate surface area is 200 Å². The topological polar surface area (TPSA) is 98.3 Å². The molecule has 0 unspecified atom stereocenters. The molecule has 0 atom stereocenters. The van der Waals surface area contributed by atoms with Gasteiger partial charge in [-0.1, -0.05) is 61.9 Å². The summed E-state index contributed by atoms with van der Waals surface area (Å²) in [7, 11) is 0. The van der Waals surface area contributed by atoms with Gasteiger partial charge in [0, 0.05) is 31.1 Å². The number of aromatic amines is 1. The molecule has 3 N–H and O–H groups in total. The van der Waals surface area contributed by atoms with Gasteiger partial charge < -0.3 is 10.3 Å². The summed E-state index contributed by atoms with van der Waals surface area (Å²) in [5.74, 6) is 1.74. The van der Waals surface area contributed by atoms with Crippen molar-refractivity contribution in [3.05, 3.63) is 71.8 Å². The lowest BCUT2D eigenvalue weighted by molar-refractivity contribution is 0.678. The third-order valence-electron chi connectivity index (χ3n) is 5.19. The molecule has 0 bridgehead atoms. The maximum absolute atomic E-state index is 5.73. The van der Waals surface area contributed by atoms with Gasteiger partial charge >= 0.3 is 0 Å². The number of nitrogens with two attached hydrogens (primary N) is 1. The molecule has 0 aliphatic carbocycles. The normalized spacial score (nSPS) is 10.4. The summed E-state index contributed by atoms with van der Waals surface area (Å²) in [4.78, 5) is 4.80. The van der Waals surface area contributed by atoms with Crippen molar-refractivity contribution in [3.63, 3.8) is 0 Å². The van der Waals surface area contributed by atoms with Crippen molar-refractivity contribution in [2.45, 2.75) is 39.2 Å². The molecule has 2 heterocycles. The van der Waals surface area contributed by atoms with Gasteiger partial charge in [-0.25, -0.2) is 4.98 Å². The summed E-state index contributed by atoms with van der Waals surface area (Å²) in [6, 6.07) is 16.8. The van der Waals surface area contributed by atoms with Crippen molar-refractivity contribution in [2.75, 3.05) is 6.54 Å². The number of unbranched alkanes of at least 4 members (excludes halogenated alkanes) is 1.